The van der Waals surface area contributed by atoms with E-state index < -0.39 is 0 Å². The predicted molar refractivity (Wildman–Crippen MR) is 66.3 cm³/mol. The van der Waals surface area contributed by atoms with E-state index in [4.69, 9.17) is 11.6 Å². The van der Waals surface area contributed by atoms with Gasteiger partial charge in [0.05, 0.1) is 0 Å². The summed E-state index contributed by atoms with van der Waals surface area (Å²) in [6, 6.07) is 16.5. The number of benzene rings is 2. The van der Waals surface area contributed by atoms with Gasteiger partial charge in [-0.2, -0.15) is 0 Å². The Morgan fingerprint density at radius 2 is 1.80 bits per heavy atom. The summed E-state index contributed by atoms with van der Waals surface area (Å²) in [6.45, 7) is 2.16. The average molecular weight is 217 g/mol. The number of halogens is 1. The summed E-state index contributed by atoms with van der Waals surface area (Å²) in [5, 5.41) is 0.811. The molecule has 0 unspecified atom stereocenters. The van der Waals surface area contributed by atoms with E-state index in [1.807, 2.05) is 18.2 Å². The van der Waals surface area contributed by atoms with Gasteiger partial charge in [-0.05, 0) is 23.6 Å². The molecule has 15 heavy (non-hydrogen) atoms. The summed E-state index contributed by atoms with van der Waals surface area (Å²) in [5.74, 6) is 0. The highest BCUT2D eigenvalue weighted by Gasteiger charge is 2.02. The lowest BCUT2D eigenvalue weighted by Gasteiger charge is -2.05. The van der Waals surface area contributed by atoms with Gasteiger partial charge in [-0.1, -0.05) is 61.0 Å². The molecule has 0 saturated heterocycles. The highest BCUT2D eigenvalue weighted by molar-refractivity contribution is 6.33. The zero-order chi connectivity index (χ0) is 10.7. The van der Waals surface area contributed by atoms with Crippen LogP contribution in [0.25, 0.3) is 11.1 Å². The molecule has 0 nitrogen and oxygen atoms in total. The van der Waals surface area contributed by atoms with Crippen molar-refractivity contribution in [2.24, 2.45) is 0 Å². The van der Waals surface area contributed by atoms with Crippen LogP contribution in [0.5, 0.6) is 0 Å². The molecule has 0 bridgehead atoms. The van der Waals surface area contributed by atoms with Crippen LogP contribution in [0.3, 0.4) is 0 Å². The molecule has 0 radical (unpaired) electrons. The monoisotopic (exact) mass is 216 g/mol. The van der Waals surface area contributed by atoms with Crippen LogP contribution in [0, 0.1) is 0 Å². The Morgan fingerprint density at radius 3 is 2.53 bits per heavy atom. The van der Waals surface area contributed by atoms with Crippen LogP contribution in [-0.4, -0.2) is 0 Å². The molecule has 0 aliphatic carbocycles. The molecule has 1 heteroatoms. The first kappa shape index (κ1) is 10.3. The molecule has 0 atom stereocenters. The zero-order valence-corrected chi connectivity index (χ0v) is 9.46. The summed E-state index contributed by atoms with van der Waals surface area (Å²) in [7, 11) is 0. The fourth-order valence-electron chi connectivity index (χ4n) is 1.65. The van der Waals surface area contributed by atoms with Gasteiger partial charge in [-0.25, -0.2) is 0 Å². The van der Waals surface area contributed by atoms with Gasteiger partial charge in [0, 0.05) is 10.6 Å². The molecule has 2 aromatic rings. The molecule has 0 N–H and O–H groups in total. The minimum atomic E-state index is 0.811. The Morgan fingerprint density at radius 1 is 1.00 bits per heavy atom. The van der Waals surface area contributed by atoms with Crippen molar-refractivity contribution < 1.29 is 0 Å². The lowest BCUT2D eigenvalue weighted by atomic mass is 10.0. The van der Waals surface area contributed by atoms with E-state index >= 15 is 0 Å². The SMILES string of the molecule is CCc1cccc(-c2ccccc2Cl)c1. The summed E-state index contributed by atoms with van der Waals surface area (Å²) in [6.07, 6.45) is 1.05. The zero-order valence-electron chi connectivity index (χ0n) is 8.70. The van der Waals surface area contributed by atoms with Crippen LogP contribution < -0.4 is 0 Å². The molecule has 2 aromatic carbocycles. The second-order valence-corrected chi connectivity index (χ2v) is 3.94. The van der Waals surface area contributed by atoms with Gasteiger partial charge in [0.1, 0.15) is 0 Å². The standard InChI is InChI=1S/C14H13Cl/c1-2-11-6-5-7-12(10-11)13-8-3-4-9-14(13)15/h3-10H,2H2,1H3. The molecule has 76 valence electrons. The molecule has 0 fully saturated rings. The lowest BCUT2D eigenvalue weighted by molar-refractivity contribution is 1.14. The van der Waals surface area contributed by atoms with Crippen molar-refractivity contribution >= 4 is 11.6 Å². The molecule has 0 heterocycles. The maximum Gasteiger partial charge on any atom is 0.0484 e. The first-order valence-electron chi connectivity index (χ1n) is 5.15. The highest BCUT2D eigenvalue weighted by atomic mass is 35.5. The van der Waals surface area contributed by atoms with Crippen molar-refractivity contribution in [1.29, 1.82) is 0 Å². The Balaban J connectivity index is 2.49. The quantitative estimate of drug-likeness (QED) is 0.690. The Labute approximate surface area is 95.5 Å². The molecule has 0 aliphatic heterocycles. The first-order chi connectivity index (χ1) is 7.31. The van der Waals surface area contributed by atoms with Crippen LogP contribution in [0.15, 0.2) is 48.5 Å². The van der Waals surface area contributed by atoms with Gasteiger partial charge in [-0.15, -0.1) is 0 Å². The highest BCUT2D eigenvalue weighted by Crippen LogP contribution is 2.27. The van der Waals surface area contributed by atoms with Crippen LogP contribution in [-0.2, 0) is 6.42 Å². The van der Waals surface area contributed by atoms with Crippen molar-refractivity contribution in [3.63, 3.8) is 0 Å². The molecule has 0 spiro atoms. The number of aryl methyl sites for hydroxylation is 1. The number of hydrogen-bond donors (Lipinski definition) is 0. The van der Waals surface area contributed by atoms with E-state index in [-0.39, 0.29) is 0 Å². The molecule has 0 aliphatic rings. The number of rotatable bonds is 2. The van der Waals surface area contributed by atoms with Crippen molar-refractivity contribution in [2.75, 3.05) is 0 Å². The maximum absolute atomic E-state index is 6.15. The Bertz CT molecular complexity index is 460. The second-order valence-electron chi connectivity index (χ2n) is 3.53. The van der Waals surface area contributed by atoms with Crippen molar-refractivity contribution in [3.05, 3.63) is 59.1 Å². The summed E-state index contributed by atoms with van der Waals surface area (Å²) >= 11 is 6.15. The van der Waals surface area contributed by atoms with Crippen molar-refractivity contribution in [2.45, 2.75) is 13.3 Å². The fraction of sp³-hybridized carbons (Fsp3) is 0.143. The predicted octanol–water partition coefficient (Wildman–Crippen LogP) is 4.57. The van der Waals surface area contributed by atoms with E-state index in [0.29, 0.717) is 0 Å². The van der Waals surface area contributed by atoms with E-state index in [1.165, 1.54) is 11.1 Å². The molecular formula is C14H13Cl. The van der Waals surface area contributed by atoms with Crippen molar-refractivity contribution in [3.8, 4) is 11.1 Å². The van der Waals surface area contributed by atoms with Gasteiger partial charge >= 0.3 is 0 Å². The third-order valence-corrected chi connectivity index (χ3v) is 2.85. The van der Waals surface area contributed by atoms with Gasteiger partial charge in [0.25, 0.3) is 0 Å². The van der Waals surface area contributed by atoms with E-state index in [9.17, 15) is 0 Å². The smallest absolute Gasteiger partial charge is 0.0484 e. The van der Waals surface area contributed by atoms with E-state index in [2.05, 4.69) is 37.3 Å². The van der Waals surface area contributed by atoms with Gasteiger partial charge in [0.2, 0.25) is 0 Å². The van der Waals surface area contributed by atoms with E-state index in [1.54, 1.807) is 0 Å². The summed E-state index contributed by atoms with van der Waals surface area (Å²) in [5.41, 5.74) is 3.64. The lowest BCUT2D eigenvalue weighted by Crippen LogP contribution is -1.83. The van der Waals surface area contributed by atoms with Gasteiger partial charge < -0.3 is 0 Å². The minimum Gasteiger partial charge on any atom is -0.0837 e. The Hall–Kier alpha value is -1.27. The topological polar surface area (TPSA) is 0 Å². The molecule has 0 amide bonds. The Kier molecular flexibility index (Phi) is 3.08. The second kappa shape index (κ2) is 4.50. The van der Waals surface area contributed by atoms with Crippen LogP contribution in [0.2, 0.25) is 5.02 Å². The van der Waals surface area contributed by atoms with Gasteiger partial charge in [-0.3, -0.25) is 0 Å². The van der Waals surface area contributed by atoms with Gasteiger partial charge in [0.15, 0.2) is 0 Å². The third kappa shape index (κ3) is 2.21. The molecular weight excluding hydrogens is 204 g/mol. The van der Waals surface area contributed by atoms with Crippen LogP contribution in [0.4, 0.5) is 0 Å². The van der Waals surface area contributed by atoms with Crippen LogP contribution >= 0.6 is 11.6 Å². The van der Waals surface area contributed by atoms with E-state index in [0.717, 1.165) is 17.0 Å². The number of hydrogen-bond acceptors (Lipinski definition) is 0. The molecule has 2 rings (SSSR count). The minimum absolute atomic E-state index is 0.811. The maximum atomic E-state index is 6.15. The fourth-order valence-corrected chi connectivity index (χ4v) is 1.90. The normalized spacial score (nSPS) is 10.3. The molecule has 0 aromatic heterocycles. The summed E-state index contributed by atoms with van der Waals surface area (Å²) < 4.78 is 0. The van der Waals surface area contributed by atoms with Crippen molar-refractivity contribution in [1.82, 2.24) is 0 Å². The largest absolute Gasteiger partial charge is 0.0837 e. The molecule has 0 saturated carbocycles. The third-order valence-electron chi connectivity index (χ3n) is 2.52. The first-order valence-corrected chi connectivity index (χ1v) is 5.53. The average Bonchev–Trinajstić information content (AvgIpc) is 2.30. The summed E-state index contributed by atoms with van der Waals surface area (Å²) in [4.78, 5) is 0. The van der Waals surface area contributed by atoms with Crippen LogP contribution in [0.1, 0.15) is 12.5 Å².